The normalized spacial score (nSPS) is 13.4. The Hall–Kier alpha value is -1.14. The van der Waals surface area contributed by atoms with Crippen molar-refractivity contribution in [1.82, 2.24) is 0 Å². The molecule has 0 bridgehead atoms. The van der Waals surface area contributed by atoms with Gasteiger partial charge >= 0.3 is 0 Å². The smallest absolute Gasteiger partial charge is 0.275 e. The molecular weight excluding hydrogens is 182 g/mol. The molecular formula is C6H9NO4S. The van der Waals surface area contributed by atoms with Crippen LogP contribution in [0.25, 0.3) is 0 Å². The molecule has 5 nitrogen and oxygen atoms in total. The van der Waals surface area contributed by atoms with Crippen molar-refractivity contribution in [3.63, 3.8) is 0 Å². The zero-order valence-electron chi connectivity index (χ0n) is 6.23. The summed E-state index contributed by atoms with van der Waals surface area (Å²) in [5, 5.41) is -1.52. The lowest BCUT2D eigenvalue weighted by molar-refractivity contribution is -0.114. The summed E-state index contributed by atoms with van der Waals surface area (Å²) in [6.07, 6.45) is 0.877. The molecule has 6 heteroatoms. The fourth-order valence-electron chi connectivity index (χ4n) is 0.584. The largest absolute Gasteiger partial charge is 0.366 e. The molecule has 12 heavy (non-hydrogen) atoms. The van der Waals surface area contributed by atoms with Gasteiger partial charge in [0.15, 0.2) is 0 Å². The molecule has 68 valence electrons. The highest BCUT2D eigenvalue weighted by molar-refractivity contribution is 7.86. The number of nitrogens with two attached hydrogens (primary N) is 1. The maximum absolute atomic E-state index is 10.5. The third-order valence-electron chi connectivity index (χ3n) is 1.19. The standard InChI is InChI=1S/C6H9NO4S/c1-3-5(12(9,10)11)4(2)6(7)8/h3,5H,1-2H2,(H2,7,8)(H,9,10,11). The molecule has 0 radical (unpaired) electrons. The maximum Gasteiger partial charge on any atom is 0.275 e. The SMILES string of the molecule is C=CC(C(=C)C(N)=O)S(=O)(=O)O. The molecule has 0 aliphatic carbocycles. The summed E-state index contributed by atoms with van der Waals surface area (Å²) < 4.78 is 29.6. The van der Waals surface area contributed by atoms with Crippen LogP contribution in [0.5, 0.6) is 0 Å². The van der Waals surface area contributed by atoms with E-state index in [0.29, 0.717) is 0 Å². The molecule has 1 atom stereocenters. The maximum atomic E-state index is 10.5. The van der Waals surface area contributed by atoms with Gasteiger partial charge < -0.3 is 5.73 Å². The number of primary amides is 1. The number of carbonyl (C=O) groups is 1. The van der Waals surface area contributed by atoms with Crippen LogP contribution in [0.15, 0.2) is 24.8 Å². The van der Waals surface area contributed by atoms with E-state index in [-0.39, 0.29) is 0 Å². The lowest BCUT2D eigenvalue weighted by Gasteiger charge is -2.08. The van der Waals surface area contributed by atoms with Crippen molar-refractivity contribution in [1.29, 1.82) is 0 Å². The second kappa shape index (κ2) is 3.51. The van der Waals surface area contributed by atoms with E-state index in [2.05, 4.69) is 13.2 Å². The average molecular weight is 191 g/mol. The molecule has 0 aliphatic rings. The summed E-state index contributed by atoms with van der Waals surface area (Å²) in [6.45, 7) is 6.23. The monoisotopic (exact) mass is 191 g/mol. The first-order valence-corrected chi connectivity index (χ1v) is 4.38. The number of amides is 1. The highest BCUT2D eigenvalue weighted by atomic mass is 32.2. The zero-order chi connectivity index (χ0) is 9.94. The van der Waals surface area contributed by atoms with Crippen LogP contribution < -0.4 is 5.73 Å². The van der Waals surface area contributed by atoms with Crippen molar-refractivity contribution in [2.24, 2.45) is 5.73 Å². The first kappa shape index (κ1) is 10.9. The van der Waals surface area contributed by atoms with Crippen LogP contribution in [0.2, 0.25) is 0 Å². The van der Waals surface area contributed by atoms with Crippen LogP contribution >= 0.6 is 0 Å². The van der Waals surface area contributed by atoms with Gasteiger partial charge in [-0.15, -0.1) is 6.58 Å². The summed E-state index contributed by atoms with van der Waals surface area (Å²) >= 11 is 0. The van der Waals surface area contributed by atoms with Gasteiger partial charge in [-0.1, -0.05) is 12.7 Å². The molecule has 0 heterocycles. The molecule has 3 N–H and O–H groups in total. The molecule has 0 aromatic rings. The van der Waals surface area contributed by atoms with Gasteiger partial charge in [0.2, 0.25) is 5.91 Å². The predicted octanol–water partition coefficient (Wildman–Crippen LogP) is -0.530. The van der Waals surface area contributed by atoms with Crippen molar-refractivity contribution in [2.45, 2.75) is 5.25 Å². The molecule has 0 aliphatic heterocycles. The lowest BCUT2D eigenvalue weighted by atomic mass is 10.2. The Balaban J connectivity index is 4.96. The third-order valence-corrected chi connectivity index (χ3v) is 2.31. The van der Waals surface area contributed by atoms with E-state index in [4.69, 9.17) is 10.3 Å². The molecule has 0 saturated heterocycles. The number of hydrogen-bond acceptors (Lipinski definition) is 3. The minimum absolute atomic E-state index is 0.410. The van der Waals surface area contributed by atoms with Gasteiger partial charge in [-0.2, -0.15) is 8.42 Å². The van der Waals surface area contributed by atoms with Crippen molar-refractivity contribution >= 4 is 16.0 Å². The Morgan fingerprint density at radius 3 is 2.08 bits per heavy atom. The Labute approximate surface area is 70.3 Å². The second-order valence-corrected chi connectivity index (χ2v) is 3.60. The number of carbonyl (C=O) groups excluding carboxylic acids is 1. The quantitative estimate of drug-likeness (QED) is 0.354. The van der Waals surface area contributed by atoms with E-state index >= 15 is 0 Å². The first-order valence-electron chi connectivity index (χ1n) is 2.88. The predicted molar refractivity (Wildman–Crippen MR) is 43.9 cm³/mol. The van der Waals surface area contributed by atoms with Crippen LogP contribution in [0.4, 0.5) is 0 Å². The molecule has 0 aromatic heterocycles. The summed E-state index contributed by atoms with van der Waals surface area (Å²) in [5.41, 5.74) is 4.34. The van der Waals surface area contributed by atoms with Crippen LogP contribution in [-0.4, -0.2) is 24.1 Å². The molecule has 1 amide bonds. The van der Waals surface area contributed by atoms with E-state index in [1.54, 1.807) is 0 Å². The van der Waals surface area contributed by atoms with Gasteiger partial charge in [-0.25, -0.2) is 0 Å². The van der Waals surface area contributed by atoms with Gasteiger partial charge in [0.25, 0.3) is 10.1 Å². The fraction of sp³-hybridized carbons (Fsp3) is 0.167. The second-order valence-electron chi connectivity index (χ2n) is 2.06. The average Bonchev–Trinajstić information content (AvgIpc) is 1.85. The molecule has 0 spiro atoms. The zero-order valence-corrected chi connectivity index (χ0v) is 7.04. The van der Waals surface area contributed by atoms with Gasteiger partial charge in [-0.05, 0) is 0 Å². The lowest BCUT2D eigenvalue weighted by Crippen LogP contribution is -2.28. The van der Waals surface area contributed by atoms with E-state index in [0.717, 1.165) is 6.08 Å². The topological polar surface area (TPSA) is 97.5 Å². The van der Waals surface area contributed by atoms with Gasteiger partial charge in [0.1, 0.15) is 5.25 Å². The van der Waals surface area contributed by atoms with Crippen molar-refractivity contribution < 1.29 is 17.8 Å². The Bertz CT molecular complexity index is 316. The first-order chi connectivity index (χ1) is 5.30. The minimum Gasteiger partial charge on any atom is -0.366 e. The van der Waals surface area contributed by atoms with Gasteiger partial charge in [0.05, 0.1) is 0 Å². The summed E-state index contributed by atoms with van der Waals surface area (Å²) in [7, 11) is -4.38. The van der Waals surface area contributed by atoms with Gasteiger partial charge in [-0.3, -0.25) is 9.35 Å². The molecule has 0 saturated carbocycles. The van der Waals surface area contributed by atoms with E-state index in [9.17, 15) is 13.2 Å². The van der Waals surface area contributed by atoms with E-state index < -0.39 is 26.8 Å². The van der Waals surface area contributed by atoms with Crippen LogP contribution in [0, 0.1) is 0 Å². The Morgan fingerprint density at radius 1 is 1.58 bits per heavy atom. The van der Waals surface area contributed by atoms with Crippen molar-refractivity contribution in [3.8, 4) is 0 Å². The molecule has 0 rings (SSSR count). The van der Waals surface area contributed by atoms with Crippen LogP contribution in [0.3, 0.4) is 0 Å². The fourth-order valence-corrected chi connectivity index (χ4v) is 1.30. The van der Waals surface area contributed by atoms with E-state index in [1.807, 2.05) is 0 Å². The highest BCUT2D eigenvalue weighted by Gasteiger charge is 2.25. The summed E-state index contributed by atoms with van der Waals surface area (Å²) in [6, 6.07) is 0. The molecule has 0 aromatic carbocycles. The Kier molecular flexibility index (Phi) is 3.17. The highest BCUT2D eigenvalue weighted by Crippen LogP contribution is 2.09. The van der Waals surface area contributed by atoms with Crippen molar-refractivity contribution in [2.75, 3.05) is 0 Å². The Morgan fingerprint density at radius 2 is 2.00 bits per heavy atom. The van der Waals surface area contributed by atoms with E-state index in [1.165, 1.54) is 0 Å². The molecule has 0 fully saturated rings. The number of rotatable bonds is 4. The van der Waals surface area contributed by atoms with Crippen LogP contribution in [-0.2, 0) is 14.9 Å². The summed E-state index contributed by atoms with van der Waals surface area (Å²) in [4.78, 5) is 10.4. The minimum atomic E-state index is -4.38. The summed E-state index contributed by atoms with van der Waals surface area (Å²) in [5.74, 6) is -0.988. The van der Waals surface area contributed by atoms with Crippen LogP contribution in [0.1, 0.15) is 0 Å². The molecule has 1 unspecified atom stereocenters. The number of hydrogen-bond donors (Lipinski definition) is 2. The third kappa shape index (κ3) is 2.48. The van der Waals surface area contributed by atoms with Gasteiger partial charge in [0, 0.05) is 5.57 Å². The van der Waals surface area contributed by atoms with Crippen molar-refractivity contribution in [3.05, 3.63) is 24.8 Å².